The Morgan fingerprint density at radius 3 is 2.06 bits per heavy atom. The largest absolute Gasteiger partial charge is 0.368 e. The number of rotatable bonds is 6. The summed E-state index contributed by atoms with van der Waals surface area (Å²) in [6.07, 6.45) is 1.18. The predicted octanol–water partition coefficient (Wildman–Crippen LogP) is 3.75. The van der Waals surface area contributed by atoms with Crippen molar-refractivity contribution >= 4 is 27.3 Å². The van der Waals surface area contributed by atoms with E-state index < -0.39 is 10.0 Å². The van der Waals surface area contributed by atoms with Gasteiger partial charge in [-0.2, -0.15) is 0 Å². The number of sulfonamides is 1. The van der Waals surface area contributed by atoms with Crippen molar-refractivity contribution in [2.24, 2.45) is 0 Å². The molecule has 1 saturated heterocycles. The number of hydrogen-bond acceptors (Lipinski definition) is 4. The van der Waals surface area contributed by atoms with Crippen molar-refractivity contribution in [3.8, 4) is 0 Å². The second-order valence-electron chi connectivity index (χ2n) is 8.06. The highest BCUT2D eigenvalue weighted by atomic mass is 32.2. The molecule has 8 heteroatoms. The number of carbonyl (C=O) groups is 1. The topological polar surface area (TPSA) is 60.9 Å². The van der Waals surface area contributed by atoms with Crippen molar-refractivity contribution in [3.05, 3.63) is 95.8 Å². The molecule has 0 radical (unpaired) electrons. The van der Waals surface area contributed by atoms with Gasteiger partial charge in [0.25, 0.3) is 5.91 Å². The second kappa shape index (κ2) is 9.62. The molecule has 1 amide bonds. The minimum Gasteiger partial charge on any atom is -0.368 e. The van der Waals surface area contributed by atoms with Crippen LogP contribution in [0, 0.1) is 5.82 Å². The second-order valence-corrected chi connectivity index (χ2v) is 9.96. The number of anilines is 2. The lowest BCUT2D eigenvalue weighted by molar-refractivity contribution is 0.0747. The first-order valence-electron chi connectivity index (χ1n) is 10.7. The lowest BCUT2D eigenvalue weighted by Gasteiger charge is -2.36. The van der Waals surface area contributed by atoms with Crippen LogP contribution in [-0.4, -0.2) is 51.7 Å². The number of nitrogens with zero attached hydrogens (tertiary/aromatic N) is 3. The number of piperazine rings is 1. The molecule has 1 aliphatic rings. The van der Waals surface area contributed by atoms with E-state index in [0.29, 0.717) is 37.4 Å². The highest BCUT2D eigenvalue weighted by Gasteiger charge is 2.23. The van der Waals surface area contributed by atoms with Crippen molar-refractivity contribution in [1.29, 1.82) is 0 Å². The Kier molecular flexibility index (Phi) is 6.65. The summed E-state index contributed by atoms with van der Waals surface area (Å²) in [7, 11) is -3.50. The van der Waals surface area contributed by atoms with Gasteiger partial charge in [-0.3, -0.25) is 9.10 Å². The number of hydrogen-bond donors (Lipinski definition) is 0. The fourth-order valence-corrected chi connectivity index (χ4v) is 4.81. The number of amides is 1. The zero-order valence-electron chi connectivity index (χ0n) is 18.4. The first-order valence-corrected chi connectivity index (χ1v) is 12.6. The maximum atomic E-state index is 13.2. The van der Waals surface area contributed by atoms with E-state index in [1.807, 2.05) is 30.3 Å². The highest BCUT2D eigenvalue weighted by Crippen LogP contribution is 2.23. The molecule has 0 aromatic heterocycles. The van der Waals surface area contributed by atoms with Crippen LogP contribution in [0.4, 0.5) is 15.8 Å². The van der Waals surface area contributed by atoms with Crippen LogP contribution in [0.5, 0.6) is 0 Å². The molecule has 4 rings (SSSR count). The molecule has 1 fully saturated rings. The van der Waals surface area contributed by atoms with E-state index in [0.717, 1.165) is 11.3 Å². The van der Waals surface area contributed by atoms with Gasteiger partial charge >= 0.3 is 0 Å². The van der Waals surface area contributed by atoms with Crippen molar-refractivity contribution < 1.29 is 17.6 Å². The van der Waals surface area contributed by atoms with Crippen LogP contribution in [0.15, 0.2) is 78.9 Å². The number of halogens is 1. The zero-order chi connectivity index (χ0) is 23.4. The Hall–Kier alpha value is -3.39. The van der Waals surface area contributed by atoms with Crippen molar-refractivity contribution in [3.63, 3.8) is 0 Å². The molecule has 3 aromatic rings. The summed E-state index contributed by atoms with van der Waals surface area (Å²) in [4.78, 5) is 16.9. The molecule has 1 aliphatic heterocycles. The molecule has 1 heterocycles. The molecule has 6 nitrogen and oxygen atoms in total. The SMILES string of the molecule is CS(=O)(=O)N(Cc1ccccc1)c1ccc(C(=O)N2CCN(c3ccc(F)cc3)CC2)cc1. The molecule has 0 unspecified atom stereocenters. The van der Waals surface area contributed by atoms with Gasteiger partial charge in [0.15, 0.2) is 0 Å². The summed E-state index contributed by atoms with van der Waals surface area (Å²) in [5.41, 5.74) is 2.84. The maximum Gasteiger partial charge on any atom is 0.253 e. The van der Waals surface area contributed by atoms with Gasteiger partial charge in [-0.05, 0) is 54.1 Å². The normalized spacial score (nSPS) is 14.2. The summed E-state index contributed by atoms with van der Waals surface area (Å²) in [5.74, 6) is -0.358. The van der Waals surface area contributed by atoms with E-state index in [2.05, 4.69) is 4.90 Å². The van der Waals surface area contributed by atoms with Crippen LogP contribution in [0.3, 0.4) is 0 Å². The van der Waals surface area contributed by atoms with Gasteiger partial charge in [0.05, 0.1) is 18.5 Å². The van der Waals surface area contributed by atoms with Crippen LogP contribution < -0.4 is 9.21 Å². The van der Waals surface area contributed by atoms with Gasteiger partial charge in [0.2, 0.25) is 10.0 Å². The van der Waals surface area contributed by atoms with E-state index in [-0.39, 0.29) is 18.3 Å². The molecule has 0 bridgehead atoms. The Morgan fingerprint density at radius 1 is 0.879 bits per heavy atom. The lowest BCUT2D eigenvalue weighted by Crippen LogP contribution is -2.48. The third-order valence-electron chi connectivity index (χ3n) is 5.73. The first-order chi connectivity index (χ1) is 15.8. The fraction of sp³-hybridized carbons (Fsp3) is 0.240. The maximum absolute atomic E-state index is 13.2. The van der Waals surface area contributed by atoms with Crippen LogP contribution >= 0.6 is 0 Å². The minimum absolute atomic E-state index is 0.0886. The monoisotopic (exact) mass is 467 g/mol. The third kappa shape index (κ3) is 5.51. The fourth-order valence-electron chi connectivity index (χ4n) is 3.92. The van der Waals surface area contributed by atoms with E-state index in [4.69, 9.17) is 0 Å². The highest BCUT2D eigenvalue weighted by molar-refractivity contribution is 7.92. The first kappa shape index (κ1) is 22.8. The number of benzene rings is 3. The smallest absolute Gasteiger partial charge is 0.253 e. The standard InChI is InChI=1S/C25H26FN3O3S/c1-33(31,32)29(19-20-5-3-2-4-6-20)24-11-7-21(8-12-24)25(30)28-17-15-27(16-18-28)23-13-9-22(26)10-14-23/h2-14H,15-19H2,1H3. The average molecular weight is 468 g/mol. The van der Waals surface area contributed by atoms with Crippen LogP contribution in [0.25, 0.3) is 0 Å². The van der Waals surface area contributed by atoms with E-state index in [1.165, 1.54) is 22.7 Å². The summed E-state index contributed by atoms with van der Waals surface area (Å²) >= 11 is 0. The molecule has 0 aliphatic carbocycles. The molecule has 172 valence electrons. The summed E-state index contributed by atoms with van der Waals surface area (Å²) in [6.45, 7) is 2.66. The molecule has 0 saturated carbocycles. The van der Waals surface area contributed by atoms with Crippen molar-refractivity contribution in [1.82, 2.24) is 4.90 Å². The quantitative estimate of drug-likeness (QED) is 0.554. The Balaban J connectivity index is 1.43. The van der Waals surface area contributed by atoms with Gasteiger partial charge in [0.1, 0.15) is 5.82 Å². The van der Waals surface area contributed by atoms with Gasteiger partial charge in [-0.1, -0.05) is 30.3 Å². The lowest BCUT2D eigenvalue weighted by atomic mass is 10.1. The molecule has 3 aromatic carbocycles. The van der Waals surface area contributed by atoms with E-state index in [9.17, 15) is 17.6 Å². The minimum atomic E-state index is -3.50. The molecular formula is C25H26FN3O3S. The van der Waals surface area contributed by atoms with Gasteiger partial charge in [0, 0.05) is 37.4 Å². The molecule has 33 heavy (non-hydrogen) atoms. The summed E-state index contributed by atoms with van der Waals surface area (Å²) in [6, 6.07) is 22.4. The van der Waals surface area contributed by atoms with E-state index >= 15 is 0 Å². The number of carbonyl (C=O) groups excluding carboxylic acids is 1. The Morgan fingerprint density at radius 2 is 1.48 bits per heavy atom. The zero-order valence-corrected chi connectivity index (χ0v) is 19.2. The Labute approximate surface area is 193 Å². The summed E-state index contributed by atoms with van der Waals surface area (Å²) in [5, 5.41) is 0. The molecule has 0 atom stereocenters. The predicted molar refractivity (Wildman–Crippen MR) is 128 cm³/mol. The molecule has 0 N–H and O–H groups in total. The van der Waals surface area contributed by atoms with Gasteiger partial charge < -0.3 is 9.80 Å². The van der Waals surface area contributed by atoms with Gasteiger partial charge in [-0.15, -0.1) is 0 Å². The van der Waals surface area contributed by atoms with Gasteiger partial charge in [-0.25, -0.2) is 12.8 Å². The molecular weight excluding hydrogens is 441 g/mol. The van der Waals surface area contributed by atoms with E-state index in [1.54, 1.807) is 41.3 Å². The van der Waals surface area contributed by atoms with Crippen LogP contribution in [0.1, 0.15) is 15.9 Å². The third-order valence-corrected chi connectivity index (χ3v) is 6.87. The van der Waals surface area contributed by atoms with Crippen molar-refractivity contribution in [2.75, 3.05) is 41.6 Å². The summed E-state index contributed by atoms with van der Waals surface area (Å²) < 4.78 is 39.3. The van der Waals surface area contributed by atoms with Crippen LogP contribution in [-0.2, 0) is 16.6 Å². The van der Waals surface area contributed by atoms with Crippen molar-refractivity contribution in [2.45, 2.75) is 6.54 Å². The van der Waals surface area contributed by atoms with Crippen LogP contribution in [0.2, 0.25) is 0 Å². The molecule has 0 spiro atoms. The Bertz CT molecular complexity index is 1190. The average Bonchev–Trinajstić information content (AvgIpc) is 2.83.